The van der Waals surface area contributed by atoms with Gasteiger partial charge in [-0.3, -0.25) is 14.6 Å². The van der Waals surface area contributed by atoms with E-state index in [0.717, 1.165) is 22.5 Å². The van der Waals surface area contributed by atoms with Gasteiger partial charge in [-0.25, -0.2) is 4.98 Å². The van der Waals surface area contributed by atoms with Crippen molar-refractivity contribution in [3.63, 3.8) is 0 Å². The Morgan fingerprint density at radius 1 is 1.20 bits per heavy atom. The highest BCUT2D eigenvalue weighted by Crippen LogP contribution is 2.53. The molecule has 1 aromatic heterocycles. The van der Waals surface area contributed by atoms with Gasteiger partial charge in [-0.05, 0) is 24.3 Å². The number of aromatic nitrogens is 1. The van der Waals surface area contributed by atoms with E-state index in [4.69, 9.17) is 11.6 Å². The Morgan fingerprint density at radius 2 is 1.76 bits per heavy atom. The third-order valence-corrected chi connectivity index (χ3v) is 5.48. The van der Waals surface area contributed by atoms with E-state index in [-0.39, 0.29) is 34.5 Å². The Kier molecular flexibility index (Phi) is 3.41. The second-order valence-electron chi connectivity index (χ2n) is 6.54. The van der Waals surface area contributed by atoms with Gasteiger partial charge < -0.3 is 0 Å². The summed E-state index contributed by atoms with van der Waals surface area (Å²) in [7, 11) is 1.40. The molecule has 2 aliphatic carbocycles. The normalized spacial score (nSPS) is 30.4. The lowest BCUT2D eigenvalue weighted by molar-refractivity contribution is -0.141. The number of fused-ring (bicyclic) bond motifs is 5. The molecule has 0 spiro atoms. The second-order valence-corrected chi connectivity index (χ2v) is 6.95. The molecular weight excluding hydrogens is 359 g/mol. The molecule has 1 saturated carbocycles. The summed E-state index contributed by atoms with van der Waals surface area (Å²) in [6.07, 6.45) is 0.779. The Bertz CT molecular complexity index is 780. The Morgan fingerprint density at radius 3 is 2.24 bits per heavy atom. The minimum atomic E-state index is -4.57. The molecule has 2 bridgehead atoms. The van der Waals surface area contributed by atoms with Gasteiger partial charge in [-0.15, -0.1) is 0 Å². The lowest BCUT2D eigenvalue weighted by Crippen LogP contribution is -2.46. The molecule has 2 heterocycles. The van der Waals surface area contributed by atoms with Crippen LogP contribution < -0.4 is 5.01 Å². The molecule has 3 aliphatic rings. The number of imide groups is 1. The number of hydrogen-bond acceptors (Lipinski definition) is 4. The van der Waals surface area contributed by atoms with Gasteiger partial charge in [0.2, 0.25) is 0 Å². The van der Waals surface area contributed by atoms with Gasteiger partial charge >= 0.3 is 6.18 Å². The standard InChI is InChI=1S/C16H13ClF3N3O2/c1-22(13-10(17)5-9(6-21-13)16(18,19)20)23-14(24)11-7-2-3-8(4-7)12(11)15(23)25/h2-3,5-8,11-12H,4H2,1H3/t7-,8+,11-,12-/m0/s1. The first-order valence-electron chi connectivity index (χ1n) is 7.72. The summed E-state index contributed by atoms with van der Waals surface area (Å²) in [6.45, 7) is 0. The third-order valence-electron chi connectivity index (χ3n) is 5.20. The maximum Gasteiger partial charge on any atom is 0.417 e. The largest absolute Gasteiger partial charge is 0.417 e. The van der Waals surface area contributed by atoms with Crippen LogP contribution in [0.5, 0.6) is 0 Å². The molecule has 2 fully saturated rings. The summed E-state index contributed by atoms with van der Waals surface area (Å²) in [6, 6.07) is 0.734. The number of carbonyl (C=O) groups excluding carboxylic acids is 2. The molecule has 0 radical (unpaired) electrons. The quantitative estimate of drug-likeness (QED) is 0.592. The number of anilines is 1. The molecule has 2 amide bonds. The summed E-state index contributed by atoms with van der Waals surface area (Å²) in [4.78, 5) is 29.2. The van der Waals surface area contributed by atoms with Crippen LogP contribution in [0.15, 0.2) is 24.4 Å². The highest BCUT2D eigenvalue weighted by molar-refractivity contribution is 6.33. The van der Waals surface area contributed by atoms with Gasteiger partial charge in [0, 0.05) is 13.2 Å². The van der Waals surface area contributed by atoms with Gasteiger partial charge in [0.1, 0.15) is 0 Å². The van der Waals surface area contributed by atoms with Crippen molar-refractivity contribution in [2.24, 2.45) is 23.7 Å². The Hall–Kier alpha value is -2.09. The van der Waals surface area contributed by atoms with Crippen LogP contribution in [-0.2, 0) is 15.8 Å². The maximum atomic E-state index is 12.7. The monoisotopic (exact) mass is 371 g/mol. The number of halogens is 4. The van der Waals surface area contributed by atoms with Crippen molar-refractivity contribution in [1.29, 1.82) is 0 Å². The van der Waals surface area contributed by atoms with Crippen LogP contribution in [0, 0.1) is 23.7 Å². The van der Waals surface area contributed by atoms with E-state index in [1.54, 1.807) is 0 Å². The molecule has 9 heteroatoms. The summed E-state index contributed by atoms with van der Waals surface area (Å²) < 4.78 is 38.2. The van der Waals surface area contributed by atoms with E-state index < -0.39 is 23.6 Å². The van der Waals surface area contributed by atoms with Crippen molar-refractivity contribution in [1.82, 2.24) is 9.99 Å². The second kappa shape index (κ2) is 5.20. The summed E-state index contributed by atoms with van der Waals surface area (Å²) in [5.74, 6) is -1.51. The van der Waals surface area contributed by atoms with Gasteiger partial charge in [0.25, 0.3) is 11.8 Å². The summed E-state index contributed by atoms with van der Waals surface area (Å²) >= 11 is 5.93. The van der Waals surface area contributed by atoms with Crippen LogP contribution >= 0.6 is 11.6 Å². The van der Waals surface area contributed by atoms with Crippen molar-refractivity contribution < 1.29 is 22.8 Å². The zero-order valence-corrected chi connectivity index (χ0v) is 13.8. The van der Waals surface area contributed by atoms with Gasteiger partial charge in [0.15, 0.2) is 5.82 Å². The molecule has 0 aromatic carbocycles. The fourth-order valence-corrected chi connectivity index (χ4v) is 4.39. The predicted octanol–water partition coefficient (Wildman–Crippen LogP) is 2.91. The van der Waals surface area contributed by atoms with Crippen molar-refractivity contribution in [2.45, 2.75) is 12.6 Å². The van der Waals surface area contributed by atoms with Gasteiger partial charge in [-0.2, -0.15) is 18.2 Å². The van der Waals surface area contributed by atoms with E-state index in [2.05, 4.69) is 4.98 Å². The predicted molar refractivity (Wildman–Crippen MR) is 82.2 cm³/mol. The Labute approximate surface area is 146 Å². The zero-order valence-electron chi connectivity index (χ0n) is 13.0. The van der Waals surface area contributed by atoms with Crippen LogP contribution in [-0.4, -0.2) is 28.9 Å². The SMILES string of the molecule is CN(c1ncc(C(F)(F)F)cc1Cl)N1C(=O)[C@@H]2[C@@H](C1=O)[C@H]1C=C[C@@H]2C1. The highest BCUT2D eigenvalue weighted by atomic mass is 35.5. The number of amides is 2. The summed E-state index contributed by atoms with van der Waals surface area (Å²) in [5, 5.41) is 1.82. The minimum Gasteiger partial charge on any atom is -0.272 e. The van der Waals surface area contributed by atoms with E-state index in [9.17, 15) is 22.8 Å². The molecule has 1 aliphatic heterocycles. The van der Waals surface area contributed by atoms with E-state index >= 15 is 0 Å². The number of rotatable bonds is 2. The summed E-state index contributed by atoms with van der Waals surface area (Å²) in [5.41, 5.74) is -0.993. The molecule has 0 N–H and O–H groups in total. The van der Waals surface area contributed by atoms with Crippen LogP contribution in [0.1, 0.15) is 12.0 Å². The average Bonchev–Trinajstić information content (AvgIpc) is 3.20. The van der Waals surface area contributed by atoms with E-state index in [1.807, 2.05) is 12.2 Å². The number of allylic oxidation sites excluding steroid dienone is 2. The Balaban J connectivity index is 1.65. The van der Waals surface area contributed by atoms with E-state index in [0.29, 0.717) is 6.20 Å². The molecule has 132 valence electrons. The lowest BCUT2D eigenvalue weighted by atomic mass is 9.85. The third kappa shape index (κ3) is 2.27. The molecule has 0 unspecified atom stereocenters. The smallest absolute Gasteiger partial charge is 0.272 e. The van der Waals surface area contributed by atoms with E-state index in [1.165, 1.54) is 7.05 Å². The fraction of sp³-hybridized carbons (Fsp3) is 0.438. The van der Waals surface area contributed by atoms with Crippen LogP contribution in [0.4, 0.5) is 19.0 Å². The zero-order chi connectivity index (χ0) is 18.1. The first kappa shape index (κ1) is 16.4. The minimum absolute atomic E-state index is 0.0425. The maximum absolute atomic E-state index is 12.7. The number of carbonyl (C=O) groups is 2. The van der Waals surface area contributed by atoms with Crippen LogP contribution in [0.3, 0.4) is 0 Å². The van der Waals surface area contributed by atoms with Gasteiger partial charge in [0.05, 0.1) is 22.4 Å². The fourth-order valence-electron chi connectivity index (χ4n) is 4.10. The molecule has 25 heavy (non-hydrogen) atoms. The average molecular weight is 372 g/mol. The number of hydrogen-bond donors (Lipinski definition) is 0. The number of pyridine rings is 1. The first-order chi connectivity index (χ1) is 11.7. The molecule has 1 aromatic rings. The van der Waals surface area contributed by atoms with Gasteiger partial charge in [-0.1, -0.05) is 23.8 Å². The van der Waals surface area contributed by atoms with Crippen molar-refractivity contribution >= 4 is 29.2 Å². The van der Waals surface area contributed by atoms with Crippen molar-refractivity contribution in [3.8, 4) is 0 Å². The van der Waals surface area contributed by atoms with Crippen molar-refractivity contribution in [2.75, 3.05) is 12.1 Å². The number of hydrazine groups is 1. The molecule has 4 atom stereocenters. The van der Waals surface area contributed by atoms with Crippen LogP contribution in [0.25, 0.3) is 0 Å². The van der Waals surface area contributed by atoms with Crippen molar-refractivity contribution in [3.05, 3.63) is 35.0 Å². The molecule has 1 saturated heterocycles. The number of alkyl halides is 3. The molecule has 4 rings (SSSR count). The number of nitrogens with zero attached hydrogens (tertiary/aromatic N) is 3. The topological polar surface area (TPSA) is 53.5 Å². The lowest BCUT2D eigenvalue weighted by Gasteiger charge is -2.29. The first-order valence-corrected chi connectivity index (χ1v) is 8.10. The molecular formula is C16H13ClF3N3O2. The van der Waals surface area contributed by atoms with Crippen LogP contribution in [0.2, 0.25) is 5.02 Å². The highest BCUT2D eigenvalue weighted by Gasteiger charge is 2.60. The molecule has 5 nitrogen and oxygen atoms in total.